The van der Waals surface area contributed by atoms with Crippen molar-refractivity contribution in [1.82, 2.24) is 0 Å². The molecule has 1 aromatic rings. The largest absolute Gasteiger partial charge is 0.416 e. The number of aryl methyl sites for hydroxylation is 1. The molecule has 0 atom stereocenters. The zero-order chi connectivity index (χ0) is 10.1. The summed E-state index contributed by atoms with van der Waals surface area (Å²) >= 11 is 0. The molecule has 0 radical (unpaired) electrons. The van der Waals surface area contributed by atoms with Gasteiger partial charge in [-0.15, -0.1) is 0 Å². The maximum Gasteiger partial charge on any atom is 0.416 e. The van der Waals surface area contributed by atoms with Crippen LogP contribution in [0.25, 0.3) is 0 Å². The van der Waals surface area contributed by atoms with E-state index in [4.69, 9.17) is 5.73 Å². The molecule has 0 amide bonds. The van der Waals surface area contributed by atoms with E-state index < -0.39 is 11.7 Å². The lowest BCUT2D eigenvalue weighted by molar-refractivity contribution is -0.138. The molecule has 0 saturated heterocycles. The Labute approximate surface area is 74.4 Å². The lowest BCUT2D eigenvalue weighted by Gasteiger charge is -2.11. The highest BCUT2D eigenvalue weighted by molar-refractivity contribution is 5.33. The third-order valence-electron chi connectivity index (χ3n) is 1.79. The highest BCUT2D eigenvalue weighted by atomic mass is 19.4. The Balaban J connectivity index is 3.22. The third-order valence-corrected chi connectivity index (χ3v) is 1.79. The number of rotatable bonds is 1. The molecular formula is C9H10F3N. The lowest BCUT2D eigenvalue weighted by atomic mass is 10.0. The molecule has 1 nitrogen and oxygen atoms in total. The van der Waals surface area contributed by atoms with Gasteiger partial charge in [0.05, 0.1) is 5.56 Å². The Hall–Kier alpha value is -1.03. The molecule has 0 aliphatic heterocycles. The minimum Gasteiger partial charge on any atom is -0.326 e. The molecule has 4 heteroatoms. The molecular weight excluding hydrogens is 179 g/mol. The zero-order valence-corrected chi connectivity index (χ0v) is 7.15. The molecule has 2 N–H and O–H groups in total. The van der Waals surface area contributed by atoms with Crippen molar-refractivity contribution in [3.8, 4) is 0 Å². The second kappa shape index (κ2) is 3.38. The van der Waals surface area contributed by atoms with Crippen LogP contribution in [0.15, 0.2) is 18.2 Å². The fourth-order valence-corrected chi connectivity index (χ4v) is 1.17. The van der Waals surface area contributed by atoms with Gasteiger partial charge in [0.15, 0.2) is 0 Å². The van der Waals surface area contributed by atoms with Gasteiger partial charge in [0.25, 0.3) is 0 Å². The van der Waals surface area contributed by atoms with E-state index in [1.54, 1.807) is 6.92 Å². The van der Waals surface area contributed by atoms with Crippen molar-refractivity contribution in [2.45, 2.75) is 19.6 Å². The van der Waals surface area contributed by atoms with E-state index in [9.17, 15) is 13.2 Å². The standard InChI is InChI=1S/C9H10F3N/c1-6-2-3-8(9(10,11)12)7(4-6)5-13/h2-4H,5,13H2,1H3. The highest BCUT2D eigenvalue weighted by Crippen LogP contribution is 2.32. The van der Waals surface area contributed by atoms with Gasteiger partial charge in [-0.3, -0.25) is 0 Å². The van der Waals surface area contributed by atoms with E-state index in [1.165, 1.54) is 12.1 Å². The van der Waals surface area contributed by atoms with Crippen LogP contribution in [0.3, 0.4) is 0 Å². The Morgan fingerprint density at radius 2 is 1.92 bits per heavy atom. The summed E-state index contributed by atoms with van der Waals surface area (Å²) in [5.41, 5.74) is 5.51. The molecule has 0 aliphatic rings. The minimum atomic E-state index is -4.30. The van der Waals surface area contributed by atoms with Crippen molar-refractivity contribution < 1.29 is 13.2 Å². The van der Waals surface area contributed by atoms with Crippen LogP contribution in [0.4, 0.5) is 13.2 Å². The first-order chi connectivity index (χ1) is 5.95. The number of nitrogens with two attached hydrogens (primary N) is 1. The van der Waals surface area contributed by atoms with Crippen molar-refractivity contribution in [2.75, 3.05) is 0 Å². The molecule has 0 heterocycles. The molecule has 0 aromatic heterocycles. The van der Waals surface area contributed by atoms with Gasteiger partial charge >= 0.3 is 6.18 Å². The zero-order valence-electron chi connectivity index (χ0n) is 7.15. The lowest BCUT2D eigenvalue weighted by Crippen LogP contribution is -2.11. The second-order valence-corrected chi connectivity index (χ2v) is 2.86. The van der Waals surface area contributed by atoms with E-state index in [0.717, 1.165) is 11.6 Å². The van der Waals surface area contributed by atoms with Gasteiger partial charge in [0.2, 0.25) is 0 Å². The van der Waals surface area contributed by atoms with Crippen molar-refractivity contribution >= 4 is 0 Å². The fraction of sp³-hybridized carbons (Fsp3) is 0.333. The van der Waals surface area contributed by atoms with Crippen LogP contribution >= 0.6 is 0 Å². The van der Waals surface area contributed by atoms with E-state index in [1.807, 2.05) is 0 Å². The molecule has 0 saturated carbocycles. The van der Waals surface area contributed by atoms with Gasteiger partial charge in [0, 0.05) is 6.54 Å². The summed E-state index contributed by atoms with van der Waals surface area (Å²) < 4.78 is 36.9. The van der Waals surface area contributed by atoms with Crippen LogP contribution < -0.4 is 5.73 Å². The van der Waals surface area contributed by atoms with Crippen LogP contribution in [0.2, 0.25) is 0 Å². The predicted molar refractivity (Wildman–Crippen MR) is 44.1 cm³/mol. The van der Waals surface area contributed by atoms with Gasteiger partial charge in [0.1, 0.15) is 0 Å². The fourth-order valence-electron chi connectivity index (χ4n) is 1.17. The minimum absolute atomic E-state index is 0.0868. The van der Waals surface area contributed by atoms with Gasteiger partial charge in [-0.05, 0) is 18.6 Å². The molecule has 13 heavy (non-hydrogen) atoms. The highest BCUT2D eigenvalue weighted by Gasteiger charge is 2.32. The van der Waals surface area contributed by atoms with Crippen molar-refractivity contribution in [2.24, 2.45) is 5.73 Å². The SMILES string of the molecule is Cc1ccc(C(F)(F)F)c(CN)c1. The van der Waals surface area contributed by atoms with E-state index in [-0.39, 0.29) is 12.1 Å². The van der Waals surface area contributed by atoms with Crippen LogP contribution in [-0.2, 0) is 12.7 Å². The topological polar surface area (TPSA) is 26.0 Å². The number of benzene rings is 1. The second-order valence-electron chi connectivity index (χ2n) is 2.86. The van der Waals surface area contributed by atoms with Crippen molar-refractivity contribution in [1.29, 1.82) is 0 Å². The summed E-state index contributed by atoms with van der Waals surface area (Å²) in [4.78, 5) is 0. The van der Waals surface area contributed by atoms with Crippen LogP contribution in [-0.4, -0.2) is 0 Å². The summed E-state index contributed by atoms with van der Waals surface area (Å²) in [5.74, 6) is 0. The molecule has 0 fully saturated rings. The maximum atomic E-state index is 12.3. The summed E-state index contributed by atoms with van der Waals surface area (Å²) in [5, 5.41) is 0. The quantitative estimate of drug-likeness (QED) is 0.721. The molecule has 0 bridgehead atoms. The van der Waals surface area contributed by atoms with Crippen LogP contribution in [0, 0.1) is 6.92 Å². The Kier molecular flexibility index (Phi) is 2.61. The van der Waals surface area contributed by atoms with E-state index in [0.29, 0.717) is 0 Å². The Morgan fingerprint density at radius 1 is 1.31 bits per heavy atom. The van der Waals surface area contributed by atoms with Crippen LogP contribution in [0.5, 0.6) is 0 Å². The third kappa shape index (κ3) is 2.21. The average molecular weight is 189 g/mol. The molecule has 1 aromatic carbocycles. The van der Waals surface area contributed by atoms with Gasteiger partial charge < -0.3 is 5.73 Å². The Morgan fingerprint density at radius 3 is 2.38 bits per heavy atom. The first-order valence-electron chi connectivity index (χ1n) is 3.82. The van der Waals surface area contributed by atoms with Crippen molar-refractivity contribution in [3.05, 3.63) is 34.9 Å². The number of hydrogen-bond acceptors (Lipinski definition) is 1. The van der Waals surface area contributed by atoms with Gasteiger partial charge in [-0.25, -0.2) is 0 Å². The molecule has 0 aliphatic carbocycles. The molecule has 0 spiro atoms. The number of halogens is 3. The molecule has 1 rings (SSSR count). The normalized spacial score (nSPS) is 11.8. The monoisotopic (exact) mass is 189 g/mol. The maximum absolute atomic E-state index is 12.3. The van der Waals surface area contributed by atoms with Gasteiger partial charge in [-0.2, -0.15) is 13.2 Å². The van der Waals surface area contributed by atoms with Crippen molar-refractivity contribution in [3.63, 3.8) is 0 Å². The molecule has 0 unspecified atom stereocenters. The first kappa shape index (κ1) is 10.1. The number of hydrogen-bond donors (Lipinski definition) is 1. The van der Waals surface area contributed by atoms with Crippen LogP contribution in [0.1, 0.15) is 16.7 Å². The summed E-state index contributed by atoms with van der Waals surface area (Å²) in [6, 6.07) is 3.96. The average Bonchev–Trinajstić information content (AvgIpc) is 2.01. The Bertz CT molecular complexity index is 304. The summed E-state index contributed by atoms with van der Waals surface area (Å²) in [7, 11) is 0. The molecule has 72 valence electrons. The van der Waals surface area contributed by atoms with Gasteiger partial charge in [-0.1, -0.05) is 17.7 Å². The smallest absolute Gasteiger partial charge is 0.326 e. The number of alkyl halides is 3. The van der Waals surface area contributed by atoms with E-state index in [2.05, 4.69) is 0 Å². The van der Waals surface area contributed by atoms with E-state index >= 15 is 0 Å². The summed E-state index contributed by atoms with van der Waals surface area (Å²) in [6.07, 6.45) is -4.30. The first-order valence-corrected chi connectivity index (χ1v) is 3.82. The predicted octanol–water partition coefficient (Wildman–Crippen LogP) is 2.47. The summed E-state index contributed by atoms with van der Waals surface area (Å²) in [6.45, 7) is 1.65.